The van der Waals surface area contributed by atoms with Crippen LogP contribution in [-0.2, 0) is 24.8 Å². The van der Waals surface area contributed by atoms with Gasteiger partial charge in [0.2, 0.25) is 0 Å². The number of carbonyl (C=O) groups excluding carboxylic acids is 1. The Labute approximate surface area is 163 Å². The van der Waals surface area contributed by atoms with Gasteiger partial charge in [0.1, 0.15) is 11.4 Å². The van der Waals surface area contributed by atoms with Crippen molar-refractivity contribution in [2.75, 3.05) is 13.2 Å². The Hall–Kier alpha value is -1.60. The third-order valence-corrected chi connectivity index (χ3v) is 5.75. The minimum atomic E-state index is -3.63. The van der Waals surface area contributed by atoms with Gasteiger partial charge < -0.3 is 9.64 Å². The van der Waals surface area contributed by atoms with E-state index in [9.17, 15) is 13.2 Å². The molecule has 1 aliphatic heterocycles. The summed E-state index contributed by atoms with van der Waals surface area (Å²) in [5, 5.41) is 0. The van der Waals surface area contributed by atoms with Gasteiger partial charge in [-0.1, -0.05) is 30.3 Å². The van der Waals surface area contributed by atoms with Gasteiger partial charge in [0, 0.05) is 12.1 Å². The molecule has 1 saturated heterocycles. The number of amides is 1. The molecule has 1 atom stereocenters. The summed E-state index contributed by atoms with van der Waals surface area (Å²) in [6.07, 6.45) is 1.01. The Balaban J connectivity index is 1.90. The lowest BCUT2D eigenvalue weighted by Crippen LogP contribution is -2.54. The Bertz CT molecular complexity index is 737. The fraction of sp³-hybridized carbons (Fsp3) is 0.650. The van der Waals surface area contributed by atoms with Crippen LogP contribution in [0.1, 0.15) is 53.0 Å². The number of nitrogens with zero attached hydrogens (tertiary/aromatic N) is 1. The van der Waals surface area contributed by atoms with Crippen LogP contribution in [0, 0.1) is 5.92 Å². The quantitative estimate of drug-likeness (QED) is 0.703. The molecule has 1 aromatic carbocycles. The summed E-state index contributed by atoms with van der Waals surface area (Å²) in [5.41, 5.74) is -0.256. The Morgan fingerprint density at radius 3 is 2.41 bits per heavy atom. The predicted molar refractivity (Wildman–Crippen MR) is 105 cm³/mol. The van der Waals surface area contributed by atoms with Gasteiger partial charge in [0.05, 0.1) is 6.61 Å². The molecule has 1 aliphatic rings. The molecule has 0 aliphatic carbocycles. The summed E-state index contributed by atoms with van der Waals surface area (Å²) >= 11 is 0. The highest BCUT2D eigenvalue weighted by molar-refractivity contribution is 7.85. The van der Waals surface area contributed by atoms with E-state index >= 15 is 0 Å². The predicted octanol–water partition coefficient (Wildman–Crippen LogP) is 3.96. The van der Waals surface area contributed by atoms with Crippen molar-refractivity contribution in [1.82, 2.24) is 4.90 Å². The van der Waals surface area contributed by atoms with Crippen LogP contribution in [0.4, 0.5) is 4.79 Å². The number of hydrogen-bond acceptors (Lipinski definition) is 5. The molecule has 0 saturated carbocycles. The van der Waals surface area contributed by atoms with Crippen molar-refractivity contribution in [2.45, 2.75) is 64.4 Å². The maximum absolute atomic E-state index is 12.4. The molecule has 0 bridgehead atoms. The molecule has 0 unspecified atom stereocenters. The number of ether oxygens (including phenoxy) is 1. The number of carbonyl (C=O) groups is 1. The van der Waals surface area contributed by atoms with E-state index in [0.29, 0.717) is 24.9 Å². The average Bonchev–Trinajstić information content (AvgIpc) is 2.51. The van der Waals surface area contributed by atoms with Crippen LogP contribution in [0.15, 0.2) is 30.3 Å². The number of rotatable bonds is 5. The fourth-order valence-corrected chi connectivity index (χ4v) is 4.43. The molecule has 0 spiro atoms. The first-order valence-electron chi connectivity index (χ1n) is 9.30. The van der Waals surface area contributed by atoms with E-state index in [0.717, 1.165) is 0 Å². The summed E-state index contributed by atoms with van der Waals surface area (Å²) in [5.74, 6) is -0.0576. The molecule has 27 heavy (non-hydrogen) atoms. The lowest BCUT2D eigenvalue weighted by atomic mass is 9.83. The van der Waals surface area contributed by atoms with E-state index in [1.165, 1.54) is 0 Å². The van der Waals surface area contributed by atoms with Gasteiger partial charge >= 0.3 is 6.09 Å². The molecule has 1 amide bonds. The summed E-state index contributed by atoms with van der Waals surface area (Å²) in [6.45, 7) is 10.1. The first kappa shape index (κ1) is 21.7. The molecule has 0 aromatic heterocycles. The molecule has 0 N–H and O–H groups in total. The zero-order valence-electron chi connectivity index (χ0n) is 16.9. The van der Waals surface area contributed by atoms with Crippen LogP contribution in [-0.4, -0.2) is 43.7 Å². The van der Waals surface area contributed by atoms with Gasteiger partial charge in [-0.15, -0.1) is 0 Å². The largest absolute Gasteiger partial charge is 0.444 e. The maximum Gasteiger partial charge on any atom is 0.410 e. The van der Waals surface area contributed by atoms with E-state index in [1.54, 1.807) is 29.2 Å². The fourth-order valence-electron chi connectivity index (χ4n) is 3.35. The Morgan fingerprint density at radius 2 is 1.85 bits per heavy atom. The lowest BCUT2D eigenvalue weighted by molar-refractivity contribution is -0.0185. The van der Waals surface area contributed by atoms with E-state index < -0.39 is 21.3 Å². The highest BCUT2D eigenvalue weighted by Crippen LogP contribution is 2.33. The average molecular weight is 398 g/mol. The van der Waals surface area contributed by atoms with Crippen molar-refractivity contribution in [3.8, 4) is 0 Å². The molecule has 2 rings (SSSR count). The van der Waals surface area contributed by atoms with Crippen LogP contribution >= 0.6 is 0 Å². The van der Waals surface area contributed by atoms with Gasteiger partial charge in [-0.05, 0) is 58.9 Å². The highest BCUT2D eigenvalue weighted by Gasteiger charge is 2.40. The Kier molecular flexibility index (Phi) is 6.58. The third kappa shape index (κ3) is 6.81. The summed E-state index contributed by atoms with van der Waals surface area (Å²) in [6, 6.07) is 8.99. The highest BCUT2D eigenvalue weighted by atomic mass is 32.2. The Morgan fingerprint density at radius 1 is 1.22 bits per heavy atom. The summed E-state index contributed by atoms with van der Waals surface area (Å²) < 4.78 is 35.2. The molecule has 1 fully saturated rings. The number of benzene rings is 1. The summed E-state index contributed by atoms with van der Waals surface area (Å²) in [7, 11) is -3.63. The second-order valence-corrected chi connectivity index (χ2v) is 10.4. The minimum Gasteiger partial charge on any atom is -0.444 e. The van der Waals surface area contributed by atoms with Gasteiger partial charge in [-0.25, -0.2) is 4.79 Å². The molecule has 6 nitrogen and oxygen atoms in total. The van der Waals surface area contributed by atoms with Gasteiger partial charge in [-0.2, -0.15) is 8.42 Å². The van der Waals surface area contributed by atoms with E-state index in [1.807, 2.05) is 40.7 Å². The van der Waals surface area contributed by atoms with Crippen LogP contribution < -0.4 is 0 Å². The molecular weight excluding hydrogens is 366 g/mol. The molecular formula is C20H31NO5S. The van der Waals surface area contributed by atoms with Crippen molar-refractivity contribution in [2.24, 2.45) is 5.92 Å². The van der Waals surface area contributed by atoms with Crippen molar-refractivity contribution < 1.29 is 22.1 Å². The van der Waals surface area contributed by atoms with Gasteiger partial charge in [0.15, 0.2) is 0 Å². The normalized spacial score (nSPS) is 20.3. The lowest BCUT2D eigenvalue weighted by Gasteiger charge is -2.45. The SMILES string of the molecule is CC(C)(C)OC(=O)N1CC[C@H](COS(=O)(=O)Cc2ccccc2)CC1(C)C. The number of hydrogen-bond donors (Lipinski definition) is 0. The zero-order valence-corrected chi connectivity index (χ0v) is 17.7. The first-order valence-corrected chi connectivity index (χ1v) is 10.9. The molecule has 152 valence electrons. The second-order valence-electron chi connectivity index (χ2n) is 8.78. The van der Waals surface area contributed by atoms with Gasteiger partial charge in [0.25, 0.3) is 10.1 Å². The third-order valence-electron chi connectivity index (χ3n) is 4.56. The van der Waals surface area contributed by atoms with Crippen LogP contribution in [0.2, 0.25) is 0 Å². The van der Waals surface area contributed by atoms with Gasteiger partial charge in [-0.3, -0.25) is 4.18 Å². The molecule has 1 heterocycles. The van der Waals surface area contributed by atoms with Crippen LogP contribution in [0.25, 0.3) is 0 Å². The van der Waals surface area contributed by atoms with E-state index in [4.69, 9.17) is 8.92 Å². The monoisotopic (exact) mass is 397 g/mol. The van der Waals surface area contributed by atoms with E-state index in [-0.39, 0.29) is 24.4 Å². The molecule has 1 aromatic rings. The zero-order chi connectivity index (χ0) is 20.3. The first-order chi connectivity index (χ1) is 12.4. The number of likely N-dealkylation sites (tertiary alicyclic amines) is 1. The van der Waals surface area contributed by atoms with E-state index in [2.05, 4.69) is 0 Å². The standard InChI is InChI=1S/C20H31NO5S/c1-19(2,3)26-18(22)21-12-11-17(13-20(21,4)5)14-25-27(23,24)15-16-9-7-6-8-10-16/h6-10,17H,11-15H2,1-5H3/t17-/m0/s1. The van der Waals surface area contributed by atoms with Crippen molar-refractivity contribution in [3.05, 3.63) is 35.9 Å². The van der Waals surface area contributed by atoms with Crippen LogP contribution in [0.3, 0.4) is 0 Å². The maximum atomic E-state index is 12.4. The summed E-state index contributed by atoms with van der Waals surface area (Å²) in [4.78, 5) is 14.2. The van der Waals surface area contributed by atoms with Crippen molar-refractivity contribution >= 4 is 16.2 Å². The second kappa shape index (κ2) is 8.19. The number of piperidine rings is 1. The molecule has 7 heteroatoms. The smallest absolute Gasteiger partial charge is 0.410 e. The topological polar surface area (TPSA) is 72.9 Å². The van der Waals surface area contributed by atoms with Crippen molar-refractivity contribution in [3.63, 3.8) is 0 Å². The van der Waals surface area contributed by atoms with Crippen molar-refractivity contribution in [1.29, 1.82) is 0 Å². The molecule has 0 radical (unpaired) electrons. The minimum absolute atomic E-state index is 0.0734. The van der Waals surface area contributed by atoms with Crippen LogP contribution in [0.5, 0.6) is 0 Å².